The number of nitrogens with zero attached hydrogens (tertiary/aromatic N) is 1. The van der Waals surface area contributed by atoms with Gasteiger partial charge in [0.2, 0.25) is 0 Å². The molecule has 0 spiro atoms. The van der Waals surface area contributed by atoms with Crippen molar-refractivity contribution in [2.45, 2.75) is 32.2 Å². The van der Waals surface area contributed by atoms with Crippen molar-refractivity contribution in [2.24, 2.45) is 0 Å². The summed E-state index contributed by atoms with van der Waals surface area (Å²) < 4.78 is 0. The Hall–Kier alpha value is -0.0400. The maximum absolute atomic E-state index is 5.28. The zero-order valence-electron chi connectivity index (χ0n) is 11.5. The van der Waals surface area contributed by atoms with Crippen molar-refractivity contribution in [2.75, 3.05) is 38.5 Å². The number of hydrogen-bond acceptors (Lipinski definition) is 4. The lowest BCUT2D eigenvalue weighted by Crippen LogP contribution is -2.49. The third kappa shape index (κ3) is 6.78. The van der Waals surface area contributed by atoms with Crippen LogP contribution in [0, 0.1) is 0 Å². The van der Waals surface area contributed by atoms with Crippen molar-refractivity contribution in [1.82, 2.24) is 20.9 Å². The Morgan fingerprint density at radius 2 is 2.22 bits per heavy atom. The highest BCUT2D eigenvalue weighted by Gasteiger charge is 2.12. The van der Waals surface area contributed by atoms with Gasteiger partial charge in [0, 0.05) is 6.54 Å². The van der Waals surface area contributed by atoms with Gasteiger partial charge in [-0.25, -0.2) is 0 Å². The monoisotopic (exact) mass is 290 g/mol. The molecule has 1 aliphatic heterocycles. The first kappa shape index (κ1) is 16.0. The van der Waals surface area contributed by atoms with Crippen molar-refractivity contribution in [3.63, 3.8) is 0 Å². The molecule has 0 aliphatic carbocycles. The summed E-state index contributed by atoms with van der Waals surface area (Å²) in [6.45, 7) is 9.82. The highest BCUT2D eigenvalue weighted by atomic mass is 32.2. The number of rotatable bonds is 7. The molecule has 0 amide bonds. The SMILES string of the molecule is CCN(CC)CCCNC(=S)NC1NCCCS1. The number of thioether (sulfide) groups is 1. The highest BCUT2D eigenvalue weighted by Crippen LogP contribution is 2.11. The van der Waals surface area contributed by atoms with Gasteiger partial charge in [0.25, 0.3) is 0 Å². The Labute approximate surface area is 121 Å². The van der Waals surface area contributed by atoms with Gasteiger partial charge in [-0.05, 0) is 57.0 Å². The standard InChI is InChI=1S/C12H26N4S2/c1-3-16(4-2)9-5-7-13-11(17)15-12-14-8-6-10-18-12/h12,14H,3-10H2,1-2H3,(H2,13,15,17). The summed E-state index contributed by atoms with van der Waals surface area (Å²) in [4.78, 5) is 2.43. The second-order valence-electron chi connectivity index (χ2n) is 4.34. The van der Waals surface area contributed by atoms with Crippen molar-refractivity contribution in [3.05, 3.63) is 0 Å². The number of thiocarbonyl (C=S) groups is 1. The van der Waals surface area contributed by atoms with Crippen LogP contribution in [0.2, 0.25) is 0 Å². The van der Waals surface area contributed by atoms with Crippen molar-refractivity contribution in [1.29, 1.82) is 0 Å². The van der Waals surface area contributed by atoms with Gasteiger partial charge in [-0.1, -0.05) is 13.8 Å². The summed E-state index contributed by atoms with van der Waals surface area (Å²) in [5, 5.41) is 10.7. The molecule has 4 nitrogen and oxygen atoms in total. The van der Waals surface area contributed by atoms with E-state index < -0.39 is 0 Å². The Bertz CT molecular complexity index is 228. The molecule has 0 aromatic carbocycles. The topological polar surface area (TPSA) is 39.3 Å². The van der Waals surface area contributed by atoms with Crippen LogP contribution in [0.1, 0.15) is 26.7 Å². The van der Waals surface area contributed by atoms with Crippen LogP contribution >= 0.6 is 24.0 Å². The minimum absolute atomic E-state index is 0.279. The van der Waals surface area contributed by atoms with Gasteiger partial charge in [-0.2, -0.15) is 0 Å². The van der Waals surface area contributed by atoms with Crippen LogP contribution in [0.4, 0.5) is 0 Å². The van der Waals surface area contributed by atoms with Crippen molar-refractivity contribution in [3.8, 4) is 0 Å². The van der Waals surface area contributed by atoms with Gasteiger partial charge in [0.1, 0.15) is 5.50 Å². The molecule has 0 saturated carbocycles. The van der Waals surface area contributed by atoms with Gasteiger partial charge in [0.05, 0.1) is 0 Å². The van der Waals surface area contributed by atoms with E-state index in [1.54, 1.807) is 0 Å². The second-order valence-corrected chi connectivity index (χ2v) is 5.96. The molecule has 0 aromatic rings. The van der Waals surface area contributed by atoms with Crippen LogP contribution in [0.15, 0.2) is 0 Å². The maximum Gasteiger partial charge on any atom is 0.168 e. The summed E-state index contributed by atoms with van der Waals surface area (Å²) in [5.41, 5.74) is 0.279. The smallest absolute Gasteiger partial charge is 0.168 e. The summed E-state index contributed by atoms with van der Waals surface area (Å²) in [6, 6.07) is 0. The average Bonchev–Trinajstić information content (AvgIpc) is 2.40. The minimum atomic E-state index is 0.279. The van der Waals surface area contributed by atoms with Gasteiger partial charge in [-0.15, -0.1) is 11.8 Å². The molecule has 1 heterocycles. The molecule has 1 unspecified atom stereocenters. The Kier molecular flexibility index (Phi) is 8.75. The highest BCUT2D eigenvalue weighted by molar-refractivity contribution is 7.99. The van der Waals surface area contributed by atoms with Crippen LogP contribution in [-0.4, -0.2) is 54.0 Å². The predicted octanol–water partition coefficient (Wildman–Crippen LogP) is 1.19. The molecule has 0 bridgehead atoms. The molecule has 0 aromatic heterocycles. The van der Waals surface area contributed by atoms with E-state index in [9.17, 15) is 0 Å². The molecule has 106 valence electrons. The minimum Gasteiger partial charge on any atom is -0.363 e. The van der Waals surface area contributed by atoms with Crippen LogP contribution < -0.4 is 16.0 Å². The number of nitrogens with one attached hydrogen (secondary N) is 3. The fraction of sp³-hybridized carbons (Fsp3) is 0.917. The maximum atomic E-state index is 5.28. The van der Waals surface area contributed by atoms with E-state index in [-0.39, 0.29) is 5.50 Å². The molecule has 1 saturated heterocycles. The van der Waals surface area contributed by atoms with E-state index in [4.69, 9.17) is 12.2 Å². The Morgan fingerprint density at radius 3 is 2.83 bits per heavy atom. The third-order valence-corrected chi connectivity index (χ3v) is 4.43. The Balaban J connectivity index is 2.02. The zero-order valence-corrected chi connectivity index (χ0v) is 13.1. The van der Waals surface area contributed by atoms with E-state index in [1.807, 2.05) is 11.8 Å². The van der Waals surface area contributed by atoms with E-state index >= 15 is 0 Å². The van der Waals surface area contributed by atoms with Crippen molar-refractivity contribution >= 4 is 29.1 Å². The zero-order chi connectivity index (χ0) is 13.2. The summed E-state index contributed by atoms with van der Waals surface area (Å²) >= 11 is 7.17. The van der Waals surface area contributed by atoms with E-state index in [0.717, 1.165) is 44.3 Å². The first-order chi connectivity index (χ1) is 8.76. The fourth-order valence-electron chi connectivity index (χ4n) is 1.87. The van der Waals surface area contributed by atoms with Gasteiger partial charge < -0.3 is 15.5 Å². The molecule has 0 radical (unpaired) electrons. The molecule has 1 fully saturated rings. The van der Waals surface area contributed by atoms with E-state index in [1.165, 1.54) is 12.2 Å². The second kappa shape index (κ2) is 9.83. The quantitative estimate of drug-likeness (QED) is 0.483. The van der Waals surface area contributed by atoms with E-state index in [0.29, 0.717) is 0 Å². The molecule has 3 N–H and O–H groups in total. The summed E-state index contributed by atoms with van der Waals surface area (Å²) in [7, 11) is 0. The molecular weight excluding hydrogens is 264 g/mol. The molecule has 1 aliphatic rings. The molecule has 6 heteroatoms. The molecule has 1 atom stereocenters. The van der Waals surface area contributed by atoms with Crippen LogP contribution in [0.3, 0.4) is 0 Å². The molecule has 1 rings (SSSR count). The molecule has 18 heavy (non-hydrogen) atoms. The lowest BCUT2D eigenvalue weighted by Gasteiger charge is -2.25. The lowest BCUT2D eigenvalue weighted by molar-refractivity contribution is 0.300. The van der Waals surface area contributed by atoms with Crippen LogP contribution in [-0.2, 0) is 0 Å². The van der Waals surface area contributed by atoms with E-state index in [2.05, 4.69) is 34.7 Å². The largest absolute Gasteiger partial charge is 0.363 e. The van der Waals surface area contributed by atoms with Crippen LogP contribution in [0.25, 0.3) is 0 Å². The summed E-state index contributed by atoms with van der Waals surface area (Å²) in [5.74, 6) is 1.20. The number of hydrogen-bond donors (Lipinski definition) is 3. The lowest BCUT2D eigenvalue weighted by atomic mass is 10.3. The van der Waals surface area contributed by atoms with Gasteiger partial charge in [0.15, 0.2) is 5.11 Å². The predicted molar refractivity (Wildman–Crippen MR) is 85.0 cm³/mol. The normalized spacial score (nSPS) is 19.8. The molecular formula is C12H26N4S2. The summed E-state index contributed by atoms with van der Waals surface area (Å²) in [6.07, 6.45) is 2.38. The average molecular weight is 291 g/mol. The first-order valence-corrected chi connectivity index (χ1v) is 8.33. The first-order valence-electron chi connectivity index (χ1n) is 6.88. The van der Waals surface area contributed by atoms with Gasteiger partial charge >= 0.3 is 0 Å². The third-order valence-electron chi connectivity index (χ3n) is 3.03. The van der Waals surface area contributed by atoms with Crippen LogP contribution in [0.5, 0.6) is 0 Å². The fourth-order valence-corrected chi connectivity index (χ4v) is 3.15. The van der Waals surface area contributed by atoms with Gasteiger partial charge in [-0.3, -0.25) is 5.32 Å². The van der Waals surface area contributed by atoms with Crippen molar-refractivity contribution < 1.29 is 0 Å². The Morgan fingerprint density at radius 1 is 1.44 bits per heavy atom.